The summed E-state index contributed by atoms with van der Waals surface area (Å²) < 4.78 is 0. The van der Waals surface area contributed by atoms with E-state index in [2.05, 4.69) is 91.3 Å². The summed E-state index contributed by atoms with van der Waals surface area (Å²) >= 11 is 0. The quantitative estimate of drug-likeness (QED) is 0.176. The van der Waals surface area contributed by atoms with Gasteiger partial charge in [-0.15, -0.1) is 11.6 Å². The maximum absolute atomic E-state index is 2.43. The van der Waals surface area contributed by atoms with E-state index in [-0.39, 0.29) is 25.8 Å². The molecule has 0 aromatic heterocycles. The average molecular weight is 536 g/mol. The molecule has 138 valence electrons. The molecule has 0 amide bonds. The molecule has 6 rings (SSSR count). The number of benzene rings is 4. The summed E-state index contributed by atoms with van der Waals surface area (Å²) in [5, 5.41) is 0. The number of rotatable bonds is 3. The summed E-state index contributed by atoms with van der Waals surface area (Å²) in [6.45, 7) is 0. The van der Waals surface area contributed by atoms with Crippen molar-refractivity contribution in [2.45, 2.75) is 19.3 Å². The molecular formula is C28H21Hf-. The Morgan fingerprint density at radius 1 is 0.552 bits per heavy atom. The molecule has 29 heavy (non-hydrogen) atoms. The fourth-order valence-corrected chi connectivity index (χ4v) is 5.01. The molecular weight excluding hydrogens is 515 g/mol. The van der Waals surface area contributed by atoms with E-state index in [0.29, 0.717) is 0 Å². The van der Waals surface area contributed by atoms with Crippen molar-refractivity contribution < 1.29 is 25.8 Å². The molecule has 0 spiro atoms. The van der Waals surface area contributed by atoms with Crippen LogP contribution in [0.2, 0.25) is 0 Å². The minimum Gasteiger partial charge on any atom is -0.188 e. The van der Waals surface area contributed by atoms with Crippen LogP contribution in [0.1, 0.15) is 33.4 Å². The van der Waals surface area contributed by atoms with Crippen LogP contribution >= 0.6 is 0 Å². The van der Waals surface area contributed by atoms with Gasteiger partial charge in [-0.3, -0.25) is 0 Å². The fraction of sp³-hybridized carbons (Fsp3) is 0.107. The Labute approximate surface area is 191 Å². The van der Waals surface area contributed by atoms with Crippen LogP contribution in [0.3, 0.4) is 0 Å². The van der Waals surface area contributed by atoms with Crippen LogP contribution in [-0.4, -0.2) is 0 Å². The summed E-state index contributed by atoms with van der Waals surface area (Å²) in [5.41, 5.74) is 14.4. The van der Waals surface area contributed by atoms with Crippen molar-refractivity contribution in [3.05, 3.63) is 125 Å². The van der Waals surface area contributed by atoms with Gasteiger partial charge in [0.15, 0.2) is 0 Å². The van der Waals surface area contributed by atoms with Crippen LogP contribution in [0.15, 0.2) is 84.9 Å². The zero-order valence-corrected chi connectivity index (χ0v) is 19.9. The SMILES string of the molecule is [Hf].c1ccc2c(c1)Cc1c([CH-]Cc3cccc4c3Cc3ccccc3-4)cccc1-2. The van der Waals surface area contributed by atoms with Crippen LogP contribution in [0.5, 0.6) is 0 Å². The third-order valence-electron chi connectivity index (χ3n) is 6.38. The van der Waals surface area contributed by atoms with Gasteiger partial charge >= 0.3 is 0 Å². The van der Waals surface area contributed by atoms with E-state index in [1.54, 1.807) is 0 Å². The molecule has 2 aliphatic rings. The predicted octanol–water partition coefficient (Wildman–Crippen LogP) is 6.62. The van der Waals surface area contributed by atoms with E-state index in [9.17, 15) is 0 Å². The smallest absolute Gasteiger partial charge is 0 e. The van der Waals surface area contributed by atoms with Crippen LogP contribution in [0.4, 0.5) is 0 Å². The summed E-state index contributed by atoms with van der Waals surface area (Å²) in [4.78, 5) is 0. The topological polar surface area (TPSA) is 0 Å². The van der Waals surface area contributed by atoms with E-state index in [1.165, 1.54) is 55.6 Å². The molecule has 0 atom stereocenters. The van der Waals surface area contributed by atoms with Crippen molar-refractivity contribution in [3.8, 4) is 22.3 Å². The molecule has 1 heteroatoms. The Hall–Kier alpha value is -2.38. The Kier molecular flexibility index (Phi) is 4.80. The first-order chi connectivity index (χ1) is 13.9. The largest absolute Gasteiger partial charge is 0.188 e. The summed E-state index contributed by atoms with van der Waals surface area (Å²) in [5.74, 6) is 0. The number of hydrogen-bond acceptors (Lipinski definition) is 0. The molecule has 0 saturated heterocycles. The fourth-order valence-electron chi connectivity index (χ4n) is 5.01. The van der Waals surface area contributed by atoms with Crippen molar-refractivity contribution in [3.63, 3.8) is 0 Å². The molecule has 4 aromatic rings. The van der Waals surface area contributed by atoms with Gasteiger partial charge in [-0.2, -0.15) is 18.1 Å². The van der Waals surface area contributed by atoms with E-state index < -0.39 is 0 Å². The summed E-state index contributed by atoms with van der Waals surface area (Å²) in [6.07, 6.45) is 5.54. The van der Waals surface area contributed by atoms with E-state index in [0.717, 1.165) is 19.3 Å². The van der Waals surface area contributed by atoms with Crippen molar-refractivity contribution in [2.24, 2.45) is 0 Å². The van der Waals surface area contributed by atoms with Crippen LogP contribution < -0.4 is 0 Å². The standard InChI is InChI=1S/C28H21.Hf/c1-3-11-23-21(7-1)17-27-19(9-5-13-25(23)27)15-16-20-10-6-14-26-24-12-4-2-8-22(24)18-28(20)26;/h1-15H,16-18H2;/q-1;. The normalized spacial score (nSPS) is 12.4. The molecule has 0 N–H and O–H groups in total. The van der Waals surface area contributed by atoms with Crippen molar-refractivity contribution in [1.82, 2.24) is 0 Å². The number of hydrogen-bond donors (Lipinski definition) is 0. The molecule has 0 radical (unpaired) electrons. The Morgan fingerprint density at radius 3 is 1.83 bits per heavy atom. The maximum Gasteiger partial charge on any atom is 0 e. The van der Waals surface area contributed by atoms with Gasteiger partial charge < -0.3 is 0 Å². The van der Waals surface area contributed by atoms with Gasteiger partial charge in [0.25, 0.3) is 0 Å². The minimum absolute atomic E-state index is 0. The van der Waals surface area contributed by atoms with Gasteiger partial charge in [0.05, 0.1) is 0 Å². The van der Waals surface area contributed by atoms with Crippen molar-refractivity contribution >= 4 is 0 Å². The van der Waals surface area contributed by atoms with E-state index in [4.69, 9.17) is 0 Å². The number of fused-ring (bicyclic) bond motifs is 6. The summed E-state index contributed by atoms with van der Waals surface area (Å²) in [6, 6.07) is 31.2. The van der Waals surface area contributed by atoms with Gasteiger partial charge in [0.1, 0.15) is 0 Å². The summed E-state index contributed by atoms with van der Waals surface area (Å²) in [7, 11) is 0. The molecule has 0 bridgehead atoms. The molecule has 4 aromatic carbocycles. The second kappa shape index (κ2) is 7.46. The molecule has 0 heterocycles. The predicted molar refractivity (Wildman–Crippen MR) is 116 cm³/mol. The average Bonchev–Trinajstić information content (AvgIpc) is 3.31. The zero-order chi connectivity index (χ0) is 18.5. The maximum atomic E-state index is 2.43. The first kappa shape index (κ1) is 18.6. The van der Waals surface area contributed by atoms with Gasteiger partial charge in [-0.05, 0) is 46.2 Å². The minimum atomic E-state index is 0. The second-order valence-electron chi connectivity index (χ2n) is 7.89. The molecule has 0 unspecified atom stereocenters. The first-order valence-electron chi connectivity index (χ1n) is 10.1. The molecule has 0 nitrogen and oxygen atoms in total. The second-order valence-corrected chi connectivity index (χ2v) is 7.89. The van der Waals surface area contributed by atoms with E-state index in [1.807, 2.05) is 0 Å². The van der Waals surface area contributed by atoms with Gasteiger partial charge in [-0.25, -0.2) is 0 Å². The van der Waals surface area contributed by atoms with Gasteiger partial charge in [0, 0.05) is 25.8 Å². The van der Waals surface area contributed by atoms with Crippen LogP contribution in [0.25, 0.3) is 22.3 Å². The zero-order valence-electron chi connectivity index (χ0n) is 16.3. The Balaban J connectivity index is 0.00000181. The van der Waals surface area contributed by atoms with Crippen LogP contribution in [0, 0.1) is 6.42 Å². The Morgan fingerprint density at radius 2 is 1.10 bits per heavy atom. The van der Waals surface area contributed by atoms with Crippen LogP contribution in [-0.2, 0) is 45.1 Å². The van der Waals surface area contributed by atoms with Crippen molar-refractivity contribution in [2.75, 3.05) is 0 Å². The molecule has 0 aliphatic heterocycles. The van der Waals surface area contributed by atoms with Gasteiger partial charge in [-0.1, -0.05) is 90.3 Å². The molecule has 0 saturated carbocycles. The Bertz CT molecular complexity index is 1120. The van der Waals surface area contributed by atoms with Gasteiger partial charge in [0.2, 0.25) is 0 Å². The third kappa shape index (κ3) is 3.04. The van der Waals surface area contributed by atoms with E-state index >= 15 is 0 Å². The monoisotopic (exact) mass is 537 g/mol. The first-order valence-corrected chi connectivity index (χ1v) is 10.1. The van der Waals surface area contributed by atoms with Crippen molar-refractivity contribution in [1.29, 1.82) is 0 Å². The molecule has 2 aliphatic carbocycles. The molecule has 0 fully saturated rings. The third-order valence-corrected chi connectivity index (χ3v) is 6.38.